The van der Waals surface area contributed by atoms with Gasteiger partial charge in [0.15, 0.2) is 0 Å². The van der Waals surface area contributed by atoms with Crippen LogP contribution in [0.2, 0.25) is 0 Å². The van der Waals surface area contributed by atoms with E-state index in [1.807, 2.05) is 0 Å². The van der Waals surface area contributed by atoms with Gasteiger partial charge >= 0.3 is 17.3 Å². The van der Waals surface area contributed by atoms with E-state index in [0.717, 1.165) is 12.1 Å². The van der Waals surface area contributed by atoms with Gasteiger partial charge in [0, 0.05) is 5.56 Å². The van der Waals surface area contributed by atoms with Gasteiger partial charge < -0.3 is 5.11 Å². The summed E-state index contributed by atoms with van der Waals surface area (Å²) < 4.78 is 50.8. The van der Waals surface area contributed by atoms with Gasteiger partial charge in [0.25, 0.3) is 0 Å². The number of alkyl halides is 5. The number of aromatic carboxylic acids is 1. The third-order valence-electron chi connectivity index (χ3n) is 1.83. The highest BCUT2D eigenvalue weighted by Crippen LogP contribution is 2.45. The van der Waals surface area contributed by atoms with Crippen molar-refractivity contribution in [1.82, 2.24) is 0 Å². The second kappa shape index (κ2) is 3.93. The van der Waals surface area contributed by atoms with Crippen LogP contribution in [0.5, 0.6) is 0 Å². The van der Waals surface area contributed by atoms with Gasteiger partial charge in [-0.3, -0.25) is 0 Å². The van der Waals surface area contributed by atoms with E-state index in [2.05, 4.69) is 11.6 Å². The molecule has 0 aromatic heterocycles. The van der Waals surface area contributed by atoms with E-state index < -0.39 is 28.4 Å². The van der Waals surface area contributed by atoms with Crippen molar-refractivity contribution in [2.24, 2.45) is 0 Å². The van der Waals surface area contributed by atoms with Gasteiger partial charge in [0.2, 0.25) is 0 Å². The maximum Gasteiger partial charge on any atom is 0.388 e. The summed E-state index contributed by atoms with van der Waals surface area (Å²) in [4.78, 5) is 10.5. The molecule has 2 nitrogen and oxygen atoms in total. The fraction of sp³-hybridized carbons (Fsp3) is 0.222. The molecular formula is C9H5ClF4O2. The van der Waals surface area contributed by atoms with E-state index in [4.69, 9.17) is 5.11 Å². The molecule has 0 aliphatic carbocycles. The van der Waals surface area contributed by atoms with Gasteiger partial charge in [0.1, 0.15) is 0 Å². The summed E-state index contributed by atoms with van der Waals surface area (Å²) in [5.41, 5.74) is -1.66. The molecule has 0 bridgehead atoms. The largest absolute Gasteiger partial charge is 0.478 e. The first-order valence-corrected chi connectivity index (χ1v) is 4.32. The smallest absolute Gasteiger partial charge is 0.388 e. The number of hydrogen-bond donors (Lipinski definition) is 1. The van der Waals surface area contributed by atoms with Gasteiger partial charge in [-0.1, -0.05) is 12.1 Å². The Morgan fingerprint density at radius 1 is 1.25 bits per heavy atom. The quantitative estimate of drug-likeness (QED) is 0.665. The number of rotatable bonds is 3. The topological polar surface area (TPSA) is 37.3 Å². The number of carboxylic acid groups (broad SMARTS) is 1. The van der Waals surface area contributed by atoms with Crippen molar-refractivity contribution in [1.29, 1.82) is 0 Å². The minimum Gasteiger partial charge on any atom is -0.478 e. The van der Waals surface area contributed by atoms with E-state index >= 15 is 0 Å². The molecule has 0 spiro atoms. The second-order valence-corrected chi connectivity index (χ2v) is 3.43. The molecule has 1 rings (SSSR count). The summed E-state index contributed by atoms with van der Waals surface area (Å²) in [6, 6.07) is 3.09. The molecule has 88 valence electrons. The molecule has 1 N–H and O–H groups in total. The number of benzene rings is 1. The highest BCUT2D eigenvalue weighted by molar-refractivity contribution is 6.22. The fourth-order valence-corrected chi connectivity index (χ4v) is 1.12. The summed E-state index contributed by atoms with van der Waals surface area (Å²) in [6.45, 7) is 0. The van der Waals surface area contributed by atoms with Crippen molar-refractivity contribution in [3.8, 4) is 0 Å². The van der Waals surface area contributed by atoms with Crippen LogP contribution >= 0.6 is 11.6 Å². The van der Waals surface area contributed by atoms with E-state index in [0.29, 0.717) is 12.1 Å². The standard InChI is InChI=1S/C9H5ClF4O2/c10-9(13,14)8(11,12)6-3-1-2-5(4-6)7(15)16/h1-4H,(H,15,16). The average Bonchev–Trinajstić information content (AvgIpc) is 2.16. The highest BCUT2D eigenvalue weighted by Gasteiger charge is 2.56. The number of halogens is 5. The molecule has 0 saturated heterocycles. The predicted molar refractivity (Wildman–Crippen MR) is 48.1 cm³/mol. The van der Waals surface area contributed by atoms with Gasteiger partial charge in [-0.25, -0.2) is 4.79 Å². The van der Waals surface area contributed by atoms with Crippen LogP contribution in [0.15, 0.2) is 24.3 Å². The lowest BCUT2D eigenvalue weighted by Gasteiger charge is -2.21. The van der Waals surface area contributed by atoms with E-state index in [1.54, 1.807) is 0 Å². The van der Waals surface area contributed by atoms with Crippen LogP contribution < -0.4 is 0 Å². The van der Waals surface area contributed by atoms with E-state index in [-0.39, 0.29) is 0 Å². The summed E-state index contributed by atoms with van der Waals surface area (Å²) in [7, 11) is 0. The van der Waals surface area contributed by atoms with Gasteiger partial charge in [-0.2, -0.15) is 17.6 Å². The third-order valence-corrected chi connectivity index (χ3v) is 2.07. The van der Waals surface area contributed by atoms with Crippen LogP contribution in [0.25, 0.3) is 0 Å². The molecule has 1 aromatic carbocycles. The molecule has 0 fully saturated rings. The monoisotopic (exact) mass is 256 g/mol. The zero-order chi connectivity index (χ0) is 12.6. The normalized spacial score (nSPS) is 12.6. The minimum absolute atomic E-state index is 0.457. The summed E-state index contributed by atoms with van der Waals surface area (Å²) in [5, 5.41) is 3.74. The molecule has 0 unspecified atom stereocenters. The first kappa shape index (κ1) is 12.8. The van der Waals surface area contributed by atoms with E-state index in [9.17, 15) is 22.4 Å². The van der Waals surface area contributed by atoms with Crippen molar-refractivity contribution < 1.29 is 27.5 Å². The van der Waals surface area contributed by atoms with Crippen molar-refractivity contribution >= 4 is 17.6 Å². The van der Waals surface area contributed by atoms with Crippen molar-refractivity contribution in [3.05, 3.63) is 35.4 Å². The summed E-state index contributed by atoms with van der Waals surface area (Å²) in [6.07, 6.45) is 0. The molecule has 0 radical (unpaired) electrons. The number of hydrogen-bond acceptors (Lipinski definition) is 1. The molecule has 0 amide bonds. The lowest BCUT2D eigenvalue weighted by Crippen LogP contribution is -2.32. The van der Waals surface area contributed by atoms with Crippen LogP contribution in [-0.2, 0) is 5.92 Å². The molecule has 7 heteroatoms. The first-order chi connectivity index (χ1) is 7.16. The summed E-state index contributed by atoms with van der Waals surface area (Å²) >= 11 is 4.26. The Morgan fingerprint density at radius 2 is 1.81 bits per heavy atom. The molecule has 0 atom stereocenters. The van der Waals surface area contributed by atoms with Gasteiger partial charge in [0.05, 0.1) is 5.56 Å². The molecule has 0 heterocycles. The maximum atomic E-state index is 13.0. The molecule has 0 aliphatic rings. The lowest BCUT2D eigenvalue weighted by molar-refractivity contribution is -0.164. The van der Waals surface area contributed by atoms with Crippen LogP contribution in [0.3, 0.4) is 0 Å². The van der Waals surface area contributed by atoms with Crippen molar-refractivity contribution in [2.75, 3.05) is 0 Å². The SMILES string of the molecule is O=C(O)c1cccc(C(F)(F)C(F)(F)Cl)c1. The highest BCUT2D eigenvalue weighted by atomic mass is 35.5. The Bertz CT molecular complexity index is 414. The molecule has 1 aromatic rings. The molecule has 0 aliphatic heterocycles. The van der Waals surface area contributed by atoms with Crippen molar-refractivity contribution in [2.45, 2.75) is 11.3 Å². The Labute approximate surface area is 92.4 Å². The number of carbonyl (C=O) groups is 1. The lowest BCUT2D eigenvalue weighted by atomic mass is 10.1. The van der Waals surface area contributed by atoms with Gasteiger partial charge in [-0.05, 0) is 23.7 Å². The molecule has 16 heavy (non-hydrogen) atoms. The summed E-state index contributed by atoms with van der Waals surface area (Å²) in [5.74, 6) is -6.12. The predicted octanol–water partition coefficient (Wildman–Crippen LogP) is 3.31. The number of carboxylic acids is 1. The average molecular weight is 257 g/mol. The Hall–Kier alpha value is -1.30. The second-order valence-electron chi connectivity index (χ2n) is 2.96. The third kappa shape index (κ3) is 2.27. The zero-order valence-corrected chi connectivity index (χ0v) is 8.31. The van der Waals surface area contributed by atoms with Gasteiger partial charge in [-0.15, -0.1) is 0 Å². The van der Waals surface area contributed by atoms with Crippen LogP contribution in [0, 0.1) is 0 Å². The Balaban J connectivity index is 3.24. The Morgan fingerprint density at radius 3 is 2.25 bits per heavy atom. The Kier molecular flexibility index (Phi) is 3.14. The molecular weight excluding hydrogens is 252 g/mol. The van der Waals surface area contributed by atoms with E-state index in [1.165, 1.54) is 0 Å². The maximum absolute atomic E-state index is 13.0. The fourth-order valence-electron chi connectivity index (χ4n) is 1.01. The van der Waals surface area contributed by atoms with Crippen LogP contribution in [0.4, 0.5) is 17.6 Å². The van der Waals surface area contributed by atoms with Crippen molar-refractivity contribution in [3.63, 3.8) is 0 Å². The first-order valence-electron chi connectivity index (χ1n) is 3.94. The zero-order valence-electron chi connectivity index (χ0n) is 7.55. The minimum atomic E-state index is -4.77. The van der Waals surface area contributed by atoms with Crippen LogP contribution in [-0.4, -0.2) is 16.5 Å². The van der Waals surface area contributed by atoms with Crippen LogP contribution in [0.1, 0.15) is 15.9 Å². The molecule has 0 saturated carbocycles.